The Labute approximate surface area is 110 Å². The van der Waals surface area contributed by atoms with Gasteiger partial charge in [0.1, 0.15) is 8.07 Å². The average molecular weight is 253 g/mol. The molecular weight excluding hydrogens is 234 g/mol. The van der Waals surface area contributed by atoms with Gasteiger partial charge < -0.3 is 5.32 Å². The number of rotatable bonds is 2. The van der Waals surface area contributed by atoms with E-state index in [4.69, 9.17) is 0 Å². The third-order valence-electron chi connectivity index (χ3n) is 4.36. The van der Waals surface area contributed by atoms with E-state index in [-0.39, 0.29) is 0 Å². The summed E-state index contributed by atoms with van der Waals surface area (Å²) in [6.45, 7) is 4.71. The summed E-state index contributed by atoms with van der Waals surface area (Å²) in [5.41, 5.74) is 2.65. The molecule has 1 aliphatic rings. The second kappa shape index (κ2) is 4.29. The third kappa shape index (κ3) is 1.45. The largest absolute Gasteiger partial charge is 0.356 e. The fourth-order valence-corrected chi connectivity index (χ4v) is 7.79. The van der Waals surface area contributed by atoms with E-state index in [2.05, 4.69) is 67.7 Å². The van der Waals surface area contributed by atoms with Crippen molar-refractivity contribution in [2.24, 2.45) is 0 Å². The number of hydrogen-bond donors (Lipinski definition) is 1. The third-order valence-corrected chi connectivity index (χ3v) is 9.71. The lowest BCUT2D eigenvalue weighted by atomic mass is 10.2. The summed E-state index contributed by atoms with van der Waals surface area (Å²) < 4.78 is 0. The Kier molecular flexibility index (Phi) is 2.75. The maximum Gasteiger partial charge on any atom is 0.123 e. The summed E-state index contributed by atoms with van der Waals surface area (Å²) in [6, 6.07) is 20.3. The van der Waals surface area contributed by atoms with Gasteiger partial charge in [0.15, 0.2) is 0 Å². The van der Waals surface area contributed by atoms with Crippen LogP contribution in [0.4, 0.5) is 11.4 Å². The smallest absolute Gasteiger partial charge is 0.123 e. The minimum Gasteiger partial charge on any atom is -0.356 e. The van der Waals surface area contributed by atoms with Crippen molar-refractivity contribution < 1.29 is 0 Å². The molecule has 18 heavy (non-hydrogen) atoms. The van der Waals surface area contributed by atoms with E-state index in [1.54, 1.807) is 10.4 Å². The van der Waals surface area contributed by atoms with Gasteiger partial charge in [-0.25, -0.2) is 0 Å². The predicted molar refractivity (Wildman–Crippen MR) is 82.2 cm³/mol. The number of para-hydroxylation sites is 2. The molecule has 1 N–H and O–H groups in total. The van der Waals surface area contributed by atoms with Gasteiger partial charge in [-0.05, 0) is 22.5 Å². The van der Waals surface area contributed by atoms with E-state index in [1.807, 2.05) is 0 Å². The zero-order valence-corrected chi connectivity index (χ0v) is 12.0. The first-order valence-corrected chi connectivity index (χ1v) is 9.19. The van der Waals surface area contributed by atoms with Gasteiger partial charge in [-0.1, -0.05) is 62.3 Å². The molecule has 0 saturated carbocycles. The molecule has 92 valence electrons. The van der Waals surface area contributed by atoms with E-state index < -0.39 is 8.07 Å². The van der Waals surface area contributed by atoms with Crippen molar-refractivity contribution in [1.82, 2.24) is 0 Å². The standard InChI is InChI=1S/C16H19NSi/c1-3-18(4-2)15-11-7-5-9-13(15)17-14-10-6-8-12-16(14)18/h5-12,17H,3-4H2,1-2H3. The van der Waals surface area contributed by atoms with Crippen molar-refractivity contribution in [2.75, 3.05) is 5.32 Å². The van der Waals surface area contributed by atoms with Crippen LogP contribution in [0.1, 0.15) is 13.8 Å². The molecule has 0 saturated heterocycles. The number of anilines is 2. The van der Waals surface area contributed by atoms with E-state index in [9.17, 15) is 0 Å². The first-order valence-electron chi connectivity index (χ1n) is 6.78. The molecule has 1 heterocycles. The van der Waals surface area contributed by atoms with Crippen molar-refractivity contribution in [3.05, 3.63) is 48.5 Å². The van der Waals surface area contributed by atoms with Gasteiger partial charge in [0.05, 0.1) is 0 Å². The minimum absolute atomic E-state index is 1.28. The first-order chi connectivity index (χ1) is 8.81. The fraction of sp³-hybridized carbons (Fsp3) is 0.250. The summed E-state index contributed by atoms with van der Waals surface area (Å²) in [4.78, 5) is 0. The van der Waals surface area contributed by atoms with Gasteiger partial charge in [-0.2, -0.15) is 0 Å². The molecule has 0 spiro atoms. The Bertz CT molecular complexity index is 525. The zero-order chi connectivity index (χ0) is 12.6. The van der Waals surface area contributed by atoms with Crippen molar-refractivity contribution in [3.63, 3.8) is 0 Å². The first kappa shape index (κ1) is 11.5. The second-order valence-corrected chi connectivity index (χ2v) is 9.66. The topological polar surface area (TPSA) is 12.0 Å². The van der Waals surface area contributed by atoms with Crippen LogP contribution in [0.3, 0.4) is 0 Å². The van der Waals surface area contributed by atoms with Crippen LogP contribution in [0, 0.1) is 0 Å². The SMILES string of the molecule is CC[Si]1(CC)c2ccccc2Nc2ccccc21. The number of benzene rings is 2. The summed E-state index contributed by atoms with van der Waals surface area (Å²) in [6.07, 6.45) is 0. The minimum atomic E-state index is -1.53. The highest BCUT2D eigenvalue weighted by Crippen LogP contribution is 2.29. The molecule has 2 aromatic rings. The molecular formula is C16H19NSi. The van der Waals surface area contributed by atoms with Crippen LogP contribution >= 0.6 is 0 Å². The van der Waals surface area contributed by atoms with Crippen LogP contribution in [0.25, 0.3) is 0 Å². The summed E-state index contributed by atoms with van der Waals surface area (Å²) >= 11 is 0. The highest BCUT2D eigenvalue weighted by Gasteiger charge is 2.39. The summed E-state index contributed by atoms with van der Waals surface area (Å²) in [7, 11) is -1.53. The van der Waals surface area contributed by atoms with E-state index in [0.29, 0.717) is 0 Å². The molecule has 3 rings (SSSR count). The van der Waals surface area contributed by atoms with Crippen molar-refractivity contribution >= 4 is 29.8 Å². The Morgan fingerprint density at radius 2 is 1.22 bits per heavy atom. The lowest BCUT2D eigenvalue weighted by Crippen LogP contribution is -2.60. The number of hydrogen-bond acceptors (Lipinski definition) is 1. The van der Waals surface area contributed by atoms with Crippen LogP contribution in [-0.4, -0.2) is 8.07 Å². The van der Waals surface area contributed by atoms with E-state index >= 15 is 0 Å². The van der Waals surface area contributed by atoms with Crippen molar-refractivity contribution in [1.29, 1.82) is 0 Å². The molecule has 0 amide bonds. The van der Waals surface area contributed by atoms with Crippen LogP contribution in [0.2, 0.25) is 12.1 Å². The molecule has 0 fully saturated rings. The van der Waals surface area contributed by atoms with Gasteiger partial charge in [0.25, 0.3) is 0 Å². The summed E-state index contributed by atoms with van der Waals surface area (Å²) in [5, 5.41) is 6.75. The summed E-state index contributed by atoms with van der Waals surface area (Å²) in [5.74, 6) is 0. The predicted octanol–water partition coefficient (Wildman–Crippen LogP) is 3.35. The van der Waals surface area contributed by atoms with E-state index in [1.165, 1.54) is 23.5 Å². The molecule has 0 unspecified atom stereocenters. The molecule has 2 heteroatoms. The van der Waals surface area contributed by atoms with Gasteiger partial charge >= 0.3 is 0 Å². The van der Waals surface area contributed by atoms with Gasteiger partial charge in [0.2, 0.25) is 0 Å². The molecule has 0 radical (unpaired) electrons. The van der Waals surface area contributed by atoms with Crippen molar-refractivity contribution in [3.8, 4) is 0 Å². The molecule has 1 aliphatic heterocycles. The highest BCUT2D eigenvalue weighted by molar-refractivity contribution is 7.04. The maximum absolute atomic E-state index is 3.60. The lowest BCUT2D eigenvalue weighted by Gasteiger charge is -2.38. The molecule has 1 nitrogen and oxygen atoms in total. The maximum atomic E-state index is 3.60. The molecule has 0 atom stereocenters. The van der Waals surface area contributed by atoms with Crippen LogP contribution in [0.15, 0.2) is 48.5 Å². The molecule has 0 bridgehead atoms. The number of nitrogens with one attached hydrogen (secondary N) is 1. The lowest BCUT2D eigenvalue weighted by molar-refractivity contribution is 1.28. The highest BCUT2D eigenvalue weighted by atomic mass is 28.3. The fourth-order valence-electron chi connectivity index (χ4n) is 3.32. The Morgan fingerprint density at radius 1 is 0.778 bits per heavy atom. The zero-order valence-electron chi connectivity index (χ0n) is 11.0. The number of fused-ring (bicyclic) bond motifs is 2. The van der Waals surface area contributed by atoms with E-state index in [0.717, 1.165) is 0 Å². The monoisotopic (exact) mass is 253 g/mol. The normalized spacial score (nSPS) is 15.4. The van der Waals surface area contributed by atoms with Crippen LogP contribution < -0.4 is 15.7 Å². The molecule has 0 aliphatic carbocycles. The quantitative estimate of drug-likeness (QED) is 0.809. The van der Waals surface area contributed by atoms with Crippen molar-refractivity contribution in [2.45, 2.75) is 25.9 Å². The van der Waals surface area contributed by atoms with Crippen LogP contribution in [-0.2, 0) is 0 Å². The molecule has 2 aromatic carbocycles. The Hall–Kier alpha value is -1.54. The second-order valence-electron chi connectivity index (χ2n) is 5.01. The average Bonchev–Trinajstić information content (AvgIpc) is 2.45. The Balaban J connectivity index is 2.30. The Morgan fingerprint density at radius 3 is 1.67 bits per heavy atom. The van der Waals surface area contributed by atoms with Gasteiger partial charge in [0, 0.05) is 11.4 Å². The van der Waals surface area contributed by atoms with Gasteiger partial charge in [-0.3, -0.25) is 0 Å². The van der Waals surface area contributed by atoms with Crippen LogP contribution in [0.5, 0.6) is 0 Å². The molecule has 0 aromatic heterocycles. The van der Waals surface area contributed by atoms with Gasteiger partial charge in [-0.15, -0.1) is 0 Å².